The quantitative estimate of drug-likeness (QED) is 0.584. The molecule has 10 heavy (non-hydrogen) atoms. The first kappa shape index (κ1) is 8.02. The molecule has 0 radical (unpaired) electrons. The van der Waals surface area contributed by atoms with Crippen LogP contribution in [0.25, 0.3) is 0 Å². The molecule has 0 bridgehead atoms. The van der Waals surface area contributed by atoms with Crippen LogP contribution in [-0.2, 0) is 4.74 Å². The van der Waals surface area contributed by atoms with E-state index in [2.05, 4.69) is 18.7 Å². The molecule has 0 aromatic heterocycles. The molecule has 2 heteroatoms. The lowest BCUT2D eigenvalue weighted by atomic mass is 10.00. The number of hydrogen-bond acceptors (Lipinski definition) is 2. The minimum atomic E-state index is 0.716. The van der Waals surface area contributed by atoms with Crippen LogP contribution >= 0.6 is 0 Å². The predicted molar refractivity (Wildman–Crippen MR) is 42.1 cm³/mol. The third-order valence-electron chi connectivity index (χ3n) is 2.12. The Labute approximate surface area is 63.2 Å². The Morgan fingerprint density at radius 2 is 2.10 bits per heavy atom. The summed E-state index contributed by atoms with van der Waals surface area (Å²) in [5.74, 6) is 0.799. The van der Waals surface area contributed by atoms with Gasteiger partial charge >= 0.3 is 0 Å². The van der Waals surface area contributed by atoms with Crippen LogP contribution in [0.4, 0.5) is 0 Å². The van der Waals surface area contributed by atoms with Gasteiger partial charge in [-0.1, -0.05) is 0 Å². The van der Waals surface area contributed by atoms with Gasteiger partial charge in [0.05, 0.1) is 6.61 Å². The van der Waals surface area contributed by atoms with Crippen molar-refractivity contribution in [2.75, 3.05) is 26.8 Å². The Balaban J connectivity index is 2.06. The number of methoxy groups -OCH3 is 1. The first-order valence-electron chi connectivity index (χ1n) is 3.97. The van der Waals surface area contributed by atoms with E-state index in [9.17, 15) is 0 Å². The van der Waals surface area contributed by atoms with Gasteiger partial charge in [-0.05, 0) is 13.8 Å². The van der Waals surface area contributed by atoms with E-state index >= 15 is 0 Å². The molecule has 1 saturated heterocycles. The van der Waals surface area contributed by atoms with Crippen molar-refractivity contribution < 1.29 is 4.74 Å². The van der Waals surface area contributed by atoms with E-state index in [0.717, 1.165) is 12.5 Å². The summed E-state index contributed by atoms with van der Waals surface area (Å²) in [5.41, 5.74) is 0. The molecular weight excluding hydrogens is 126 g/mol. The average molecular weight is 143 g/mol. The number of nitrogens with zero attached hydrogens (tertiary/aromatic N) is 1. The van der Waals surface area contributed by atoms with E-state index in [4.69, 9.17) is 4.74 Å². The first-order chi connectivity index (χ1) is 4.74. The summed E-state index contributed by atoms with van der Waals surface area (Å²) < 4.78 is 5.05. The topological polar surface area (TPSA) is 12.5 Å². The van der Waals surface area contributed by atoms with Gasteiger partial charge in [0.15, 0.2) is 0 Å². The van der Waals surface area contributed by atoms with Crippen molar-refractivity contribution >= 4 is 0 Å². The molecule has 2 nitrogen and oxygen atoms in total. The summed E-state index contributed by atoms with van der Waals surface area (Å²) in [6.45, 7) is 7.87. The van der Waals surface area contributed by atoms with Crippen LogP contribution in [-0.4, -0.2) is 37.7 Å². The summed E-state index contributed by atoms with van der Waals surface area (Å²) in [6.07, 6.45) is 0. The zero-order valence-electron chi connectivity index (χ0n) is 7.13. The predicted octanol–water partition coefficient (Wildman–Crippen LogP) is 0.973. The van der Waals surface area contributed by atoms with Crippen molar-refractivity contribution in [2.45, 2.75) is 19.9 Å². The van der Waals surface area contributed by atoms with Gasteiger partial charge in [0.25, 0.3) is 0 Å². The highest BCUT2D eigenvalue weighted by atomic mass is 16.5. The van der Waals surface area contributed by atoms with Crippen molar-refractivity contribution in [3.05, 3.63) is 0 Å². The number of likely N-dealkylation sites (tertiary alicyclic amines) is 1. The van der Waals surface area contributed by atoms with Gasteiger partial charge in [0.1, 0.15) is 0 Å². The fraction of sp³-hybridized carbons (Fsp3) is 1.00. The zero-order valence-corrected chi connectivity index (χ0v) is 7.13. The van der Waals surface area contributed by atoms with Crippen molar-refractivity contribution in [1.29, 1.82) is 0 Å². The molecule has 1 aliphatic rings. The van der Waals surface area contributed by atoms with E-state index in [0.29, 0.717) is 6.04 Å². The molecule has 60 valence electrons. The van der Waals surface area contributed by atoms with Gasteiger partial charge in [0, 0.05) is 32.2 Å². The molecule has 0 unspecified atom stereocenters. The Morgan fingerprint density at radius 3 is 2.50 bits per heavy atom. The van der Waals surface area contributed by atoms with E-state index in [1.165, 1.54) is 13.1 Å². The molecular formula is C8H17NO. The number of ether oxygens (including phenoxy) is 1. The van der Waals surface area contributed by atoms with Crippen molar-refractivity contribution in [1.82, 2.24) is 4.90 Å². The Kier molecular flexibility index (Phi) is 2.69. The maximum Gasteiger partial charge on any atom is 0.0515 e. The maximum absolute atomic E-state index is 5.05. The zero-order chi connectivity index (χ0) is 7.56. The highest BCUT2D eigenvalue weighted by molar-refractivity contribution is 4.81. The molecule has 1 heterocycles. The molecule has 0 spiro atoms. The van der Waals surface area contributed by atoms with E-state index in [1.54, 1.807) is 7.11 Å². The summed E-state index contributed by atoms with van der Waals surface area (Å²) >= 11 is 0. The summed E-state index contributed by atoms with van der Waals surface area (Å²) in [7, 11) is 1.78. The van der Waals surface area contributed by atoms with Crippen LogP contribution in [0.15, 0.2) is 0 Å². The second kappa shape index (κ2) is 3.35. The number of hydrogen-bond donors (Lipinski definition) is 0. The van der Waals surface area contributed by atoms with Gasteiger partial charge in [-0.25, -0.2) is 0 Å². The molecule has 0 aromatic carbocycles. The molecule has 0 atom stereocenters. The van der Waals surface area contributed by atoms with Gasteiger partial charge in [-0.3, -0.25) is 0 Å². The fourth-order valence-corrected chi connectivity index (χ4v) is 1.37. The molecule has 1 rings (SSSR count). The van der Waals surface area contributed by atoms with Gasteiger partial charge in [-0.15, -0.1) is 0 Å². The lowest BCUT2D eigenvalue weighted by molar-refractivity contribution is 0.0153. The minimum Gasteiger partial charge on any atom is -0.384 e. The monoisotopic (exact) mass is 143 g/mol. The highest BCUT2D eigenvalue weighted by Crippen LogP contribution is 2.17. The standard InChI is InChI=1S/C8H17NO/c1-7(2)9-4-8(5-9)6-10-3/h7-8H,4-6H2,1-3H3. The van der Waals surface area contributed by atoms with Gasteiger partial charge < -0.3 is 9.64 Å². The van der Waals surface area contributed by atoms with E-state index in [-0.39, 0.29) is 0 Å². The Hall–Kier alpha value is -0.0800. The van der Waals surface area contributed by atoms with Crippen molar-refractivity contribution in [3.8, 4) is 0 Å². The van der Waals surface area contributed by atoms with E-state index in [1.807, 2.05) is 0 Å². The van der Waals surface area contributed by atoms with Gasteiger partial charge in [0.2, 0.25) is 0 Å². The molecule has 0 N–H and O–H groups in total. The molecule has 0 saturated carbocycles. The lowest BCUT2D eigenvalue weighted by Crippen LogP contribution is -2.51. The van der Waals surface area contributed by atoms with Crippen LogP contribution in [0.2, 0.25) is 0 Å². The van der Waals surface area contributed by atoms with Crippen LogP contribution in [0.1, 0.15) is 13.8 Å². The molecule has 1 fully saturated rings. The fourth-order valence-electron chi connectivity index (χ4n) is 1.37. The third-order valence-corrected chi connectivity index (χ3v) is 2.12. The molecule has 0 aliphatic carbocycles. The van der Waals surface area contributed by atoms with Crippen LogP contribution in [0.5, 0.6) is 0 Å². The third kappa shape index (κ3) is 1.70. The lowest BCUT2D eigenvalue weighted by Gasteiger charge is -2.41. The van der Waals surface area contributed by atoms with Crippen molar-refractivity contribution in [3.63, 3.8) is 0 Å². The second-order valence-electron chi connectivity index (χ2n) is 3.37. The number of rotatable bonds is 3. The highest BCUT2D eigenvalue weighted by Gasteiger charge is 2.27. The smallest absolute Gasteiger partial charge is 0.0515 e. The second-order valence-corrected chi connectivity index (χ2v) is 3.37. The average Bonchev–Trinajstić information content (AvgIpc) is 1.76. The summed E-state index contributed by atoms with van der Waals surface area (Å²) in [4.78, 5) is 2.46. The maximum atomic E-state index is 5.05. The Bertz CT molecular complexity index is 97.4. The minimum absolute atomic E-state index is 0.716. The molecule has 1 aliphatic heterocycles. The molecule has 0 aromatic rings. The largest absolute Gasteiger partial charge is 0.384 e. The normalized spacial score (nSPS) is 21.6. The summed E-state index contributed by atoms with van der Waals surface area (Å²) in [5, 5.41) is 0. The first-order valence-corrected chi connectivity index (χ1v) is 3.97. The molecule has 0 amide bonds. The van der Waals surface area contributed by atoms with E-state index < -0.39 is 0 Å². The van der Waals surface area contributed by atoms with Crippen LogP contribution in [0.3, 0.4) is 0 Å². The van der Waals surface area contributed by atoms with Crippen molar-refractivity contribution in [2.24, 2.45) is 5.92 Å². The summed E-state index contributed by atoms with van der Waals surface area (Å²) in [6, 6.07) is 0.716. The van der Waals surface area contributed by atoms with Crippen LogP contribution in [0, 0.1) is 5.92 Å². The van der Waals surface area contributed by atoms with Crippen LogP contribution < -0.4 is 0 Å². The SMILES string of the molecule is COCC1CN(C(C)C)C1. The van der Waals surface area contributed by atoms with Gasteiger partial charge in [-0.2, -0.15) is 0 Å². The Morgan fingerprint density at radius 1 is 1.50 bits per heavy atom.